The van der Waals surface area contributed by atoms with Crippen LogP contribution in [0.25, 0.3) is 10.9 Å². The number of aromatic nitrogens is 1. The summed E-state index contributed by atoms with van der Waals surface area (Å²) < 4.78 is 12.9. The lowest BCUT2D eigenvalue weighted by molar-refractivity contribution is -0.133. The number of aromatic amines is 1. The van der Waals surface area contributed by atoms with E-state index in [1.807, 2.05) is 6.07 Å². The Labute approximate surface area is 95.7 Å². The van der Waals surface area contributed by atoms with Gasteiger partial charge in [-0.05, 0) is 24.3 Å². The molecule has 1 heterocycles. The molecule has 0 unspecified atom stereocenters. The van der Waals surface area contributed by atoms with E-state index in [2.05, 4.69) is 4.98 Å². The molecular weight excluding hydrogens is 229 g/mol. The number of halogens is 1. The molecule has 0 bridgehead atoms. The number of benzene rings is 1. The maximum atomic E-state index is 12.9. The van der Waals surface area contributed by atoms with Gasteiger partial charge < -0.3 is 10.1 Å². The van der Waals surface area contributed by atoms with Crippen LogP contribution in [0, 0.1) is 5.82 Å². The average Bonchev–Trinajstić information content (AvgIpc) is 2.58. The third-order valence-corrected chi connectivity index (χ3v) is 3.09. The number of thioether (sulfide) groups is 1. The van der Waals surface area contributed by atoms with Gasteiger partial charge in [-0.1, -0.05) is 0 Å². The normalized spacial score (nSPS) is 10.8. The smallest absolute Gasteiger partial charge is 0.313 e. The van der Waals surface area contributed by atoms with E-state index in [0.717, 1.165) is 16.6 Å². The van der Waals surface area contributed by atoms with E-state index in [4.69, 9.17) is 5.11 Å². The number of nitrogens with one attached hydrogen (secondary N) is 1. The quantitative estimate of drug-likeness (QED) is 0.862. The van der Waals surface area contributed by atoms with Crippen LogP contribution in [-0.2, 0) is 10.5 Å². The highest BCUT2D eigenvalue weighted by Crippen LogP contribution is 2.19. The van der Waals surface area contributed by atoms with Gasteiger partial charge in [0, 0.05) is 22.3 Å². The fraction of sp³-hybridized carbons (Fsp3) is 0.182. The van der Waals surface area contributed by atoms with Gasteiger partial charge in [0.2, 0.25) is 0 Å². The topological polar surface area (TPSA) is 53.1 Å². The van der Waals surface area contributed by atoms with Gasteiger partial charge in [0.25, 0.3) is 0 Å². The van der Waals surface area contributed by atoms with Gasteiger partial charge in [-0.15, -0.1) is 11.8 Å². The largest absolute Gasteiger partial charge is 0.481 e. The van der Waals surface area contributed by atoms with Crippen LogP contribution in [-0.4, -0.2) is 21.8 Å². The molecule has 0 fully saturated rings. The summed E-state index contributed by atoms with van der Waals surface area (Å²) in [7, 11) is 0. The van der Waals surface area contributed by atoms with Crippen LogP contribution in [0.4, 0.5) is 4.39 Å². The summed E-state index contributed by atoms with van der Waals surface area (Å²) in [5, 5.41) is 9.30. The van der Waals surface area contributed by atoms with Crippen LogP contribution in [0.5, 0.6) is 0 Å². The summed E-state index contributed by atoms with van der Waals surface area (Å²) in [6.45, 7) is 0. The van der Waals surface area contributed by atoms with E-state index in [0.29, 0.717) is 5.75 Å². The zero-order valence-corrected chi connectivity index (χ0v) is 9.18. The van der Waals surface area contributed by atoms with E-state index < -0.39 is 5.97 Å². The minimum Gasteiger partial charge on any atom is -0.481 e. The first-order chi connectivity index (χ1) is 7.65. The number of carbonyl (C=O) groups is 1. The SMILES string of the molecule is O=C(O)CSCc1cc2cc(F)ccc2[nH]1. The third-order valence-electron chi connectivity index (χ3n) is 2.12. The van der Waals surface area contributed by atoms with Gasteiger partial charge in [-0.3, -0.25) is 4.79 Å². The molecule has 2 aromatic rings. The maximum Gasteiger partial charge on any atom is 0.313 e. The summed E-state index contributed by atoms with van der Waals surface area (Å²) in [5.41, 5.74) is 1.78. The molecular formula is C11H10FNO2S. The second-order valence-electron chi connectivity index (χ2n) is 3.41. The second kappa shape index (κ2) is 4.57. The number of hydrogen-bond acceptors (Lipinski definition) is 2. The Kier molecular flexibility index (Phi) is 3.14. The first-order valence-electron chi connectivity index (χ1n) is 4.72. The van der Waals surface area contributed by atoms with E-state index in [-0.39, 0.29) is 11.6 Å². The Morgan fingerprint density at radius 3 is 3.00 bits per heavy atom. The van der Waals surface area contributed by atoms with Crippen molar-refractivity contribution in [2.24, 2.45) is 0 Å². The molecule has 1 aromatic heterocycles. The Morgan fingerprint density at radius 2 is 2.25 bits per heavy atom. The van der Waals surface area contributed by atoms with Gasteiger partial charge in [-0.2, -0.15) is 0 Å². The van der Waals surface area contributed by atoms with Crippen LogP contribution in [0.2, 0.25) is 0 Å². The summed E-state index contributed by atoms with van der Waals surface area (Å²) >= 11 is 1.31. The summed E-state index contributed by atoms with van der Waals surface area (Å²) in [6, 6.07) is 6.37. The van der Waals surface area contributed by atoms with Gasteiger partial charge in [0.15, 0.2) is 0 Å². The van der Waals surface area contributed by atoms with Crippen LogP contribution >= 0.6 is 11.8 Å². The van der Waals surface area contributed by atoms with Gasteiger partial charge in [-0.25, -0.2) is 4.39 Å². The predicted molar refractivity (Wildman–Crippen MR) is 62.1 cm³/mol. The van der Waals surface area contributed by atoms with Crippen LogP contribution < -0.4 is 0 Å². The van der Waals surface area contributed by atoms with Crippen LogP contribution in [0.15, 0.2) is 24.3 Å². The van der Waals surface area contributed by atoms with Gasteiger partial charge in [0.05, 0.1) is 5.75 Å². The monoisotopic (exact) mass is 239 g/mol. The highest BCUT2D eigenvalue weighted by atomic mass is 32.2. The molecule has 84 valence electrons. The first kappa shape index (κ1) is 11.0. The number of carboxylic acids is 1. The predicted octanol–water partition coefficient (Wildman–Crippen LogP) is 2.62. The van der Waals surface area contributed by atoms with Crippen molar-refractivity contribution in [2.75, 3.05) is 5.75 Å². The Bertz CT molecular complexity index is 524. The Morgan fingerprint density at radius 1 is 1.44 bits per heavy atom. The standard InChI is InChI=1S/C11H10FNO2S/c12-8-1-2-10-7(3-8)4-9(13-10)5-16-6-11(14)15/h1-4,13H,5-6H2,(H,14,15). The lowest BCUT2D eigenvalue weighted by Gasteiger charge is -1.94. The number of aliphatic carboxylic acids is 1. The second-order valence-corrected chi connectivity index (χ2v) is 4.40. The van der Waals surface area contributed by atoms with E-state index in [1.165, 1.54) is 23.9 Å². The van der Waals surface area contributed by atoms with E-state index in [9.17, 15) is 9.18 Å². The number of H-pyrrole nitrogens is 1. The molecule has 2 N–H and O–H groups in total. The first-order valence-corrected chi connectivity index (χ1v) is 5.87. The van der Waals surface area contributed by atoms with Crippen molar-refractivity contribution in [3.05, 3.63) is 35.8 Å². The molecule has 16 heavy (non-hydrogen) atoms. The average molecular weight is 239 g/mol. The molecule has 0 aliphatic carbocycles. The molecule has 1 aromatic carbocycles. The van der Waals surface area contributed by atoms with Crippen LogP contribution in [0.3, 0.4) is 0 Å². The van der Waals surface area contributed by atoms with Crippen molar-refractivity contribution < 1.29 is 14.3 Å². The Hall–Kier alpha value is -1.49. The minimum absolute atomic E-state index is 0.0731. The van der Waals surface area contributed by atoms with Crippen LogP contribution in [0.1, 0.15) is 5.69 Å². The van der Waals surface area contributed by atoms with E-state index >= 15 is 0 Å². The van der Waals surface area contributed by atoms with Crippen molar-refractivity contribution in [1.29, 1.82) is 0 Å². The minimum atomic E-state index is -0.827. The number of fused-ring (bicyclic) bond motifs is 1. The maximum absolute atomic E-state index is 12.9. The molecule has 5 heteroatoms. The summed E-state index contributed by atoms with van der Waals surface area (Å²) in [6.07, 6.45) is 0. The fourth-order valence-electron chi connectivity index (χ4n) is 1.49. The molecule has 0 aliphatic heterocycles. The molecule has 0 aliphatic rings. The van der Waals surface area contributed by atoms with Gasteiger partial charge >= 0.3 is 5.97 Å². The highest BCUT2D eigenvalue weighted by Gasteiger charge is 2.03. The molecule has 0 saturated heterocycles. The van der Waals surface area contributed by atoms with Crippen molar-refractivity contribution in [3.8, 4) is 0 Å². The van der Waals surface area contributed by atoms with Crippen molar-refractivity contribution >= 4 is 28.6 Å². The number of rotatable bonds is 4. The van der Waals surface area contributed by atoms with Gasteiger partial charge in [0.1, 0.15) is 5.82 Å². The molecule has 0 amide bonds. The molecule has 0 saturated carbocycles. The van der Waals surface area contributed by atoms with Crippen molar-refractivity contribution in [2.45, 2.75) is 5.75 Å². The molecule has 2 rings (SSSR count). The third kappa shape index (κ3) is 2.55. The number of hydrogen-bond donors (Lipinski definition) is 2. The zero-order chi connectivity index (χ0) is 11.5. The fourth-order valence-corrected chi connectivity index (χ4v) is 2.14. The lowest BCUT2D eigenvalue weighted by Crippen LogP contribution is -1.98. The molecule has 3 nitrogen and oxygen atoms in total. The zero-order valence-electron chi connectivity index (χ0n) is 8.37. The summed E-state index contributed by atoms with van der Waals surface area (Å²) in [4.78, 5) is 13.4. The highest BCUT2D eigenvalue weighted by molar-refractivity contribution is 7.99. The van der Waals surface area contributed by atoms with E-state index in [1.54, 1.807) is 6.07 Å². The lowest BCUT2D eigenvalue weighted by atomic mass is 10.2. The van der Waals surface area contributed by atoms with Crippen molar-refractivity contribution in [3.63, 3.8) is 0 Å². The van der Waals surface area contributed by atoms with Crippen molar-refractivity contribution in [1.82, 2.24) is 4.98 Å². The Balaban J connectivity index is 2.10. The molecule has 0 radical (unpaired) electrons. The number of carboxylic acid groups (broad SMARTS) is 1. The summed E-state index contributed by atoms with van der Waals surface area (Å²) in [5.74, 6) is -0.435. The molecule has 0 atom stereocenters. The molecule has 0 spiro atoms.